The molecule has 0 atom stereocenters. The van der Waals surface area contributed by atoms with Gasteiger partial charge in [0, 0.05) is 4.90 Å². The predicted octanol–water partition coefficient (Wildman–Crippen LogP) is 2.32. The maximum absolute atomic E-state index is 11.8. The van der Waals surface area contributed by atoms with Crippen LogP contribution in [0.25, 0.3) is 16.5 Å². The average molecular weight is 255 g/mol. The Bertz CT molecular complexity index is 818. The molecule has 0 bridgehead atoms. The van der Waals surface area contributed by atoms with Crippen molar-refractivity contribution in [2.45, 2.75) is 10.6 Å². The van der Waals surface area contributed by atoms with Gasteiger partial charge in [-0.3, -0.25) is 0 Å². The smallest absolute Gasteiger partial charge is 0.246 e. The van der Waals surface area contributed by atoms with Crippen LogP contribution >= 0.6 is 11.8 Å². The molecule has 0 saturated carbocycles. The third-order valence-electron chi connectivity index (χ3n) is 3.19. The number of benzene rings is 2. The van der Waals surface area contributed by atoms with Gasteiger partial charge in [-0.2, -0.15) is 5.10 Å². The summed E-state index contributed by atoms with van der Waals surface area (Å²) in [5.41, 5.74) is 0.764. The van der Waals surface area contributed by atoms with Gasteiger partial charge in [-0.05, 0) is 16.8 Å². The molecule has 4 nitrogen and oxygen atoms in total. The summed E-state index contributed by atoms with van der Waals surface area (Å²) < 4.78 is 1.66. The van der Waals surface area contributed by atoms with E-state index in [-0.39, 0.29) is 5.69 Å². The van der Waals surface area contributed by atoms with Crippen LogP contribution in [0, 0.1) is 0 Å². The molecule has 3 aromatic rings. The van der Waals surface area contributed by atoms with Crippen LogP contribution in [0.3, 0.4) is 0 Å². The lowest BCUT2D eigenvalue weighted by Gasteiger charge is -2.18. The van der Waals surface area contributed by atoms with Crippen molar-refractivity contribution in [1.29, 1.82) is 0 Å². The van der Waals surface area contributed by atoms with Gasteiger partial charge in [-0.1, -0.05) is 30.3 Å². The molecule has 0 spiro atoms. The van der Waals surface area contributed by atoms with E-state index in [1.165, 1.54) is 10.8 Å². The van der Waals surface area contributed by atoms with Crippen LogP contribution in [-0.4, -0.2) is 14.8 Å². The SMILES string of the molecule is O=c1[nH]nc2n1-c1ccc3ccccc3c1SC2. The number of H-pyrrole nitrogens is 1. The van der Waals surface area contributed by atoms with E-state index in [0.29, 0.717) is 0 Å². The minimum Gasteiger partial charge on any atom is -0.246 e. The van der Waals surface area contributed by atoms with Crippen LogP contribution in [0.5, 0.6) is 0 Å². The summed E-state index contributed by atoms with van der Waals surface area (Å²) in [6, 6.07) is 12.3. The Morgan fingerprint density at radius 2 is 2.11 bits per heavy atom. The van der Waals surface area contributed by atoms with Gasteiger partial charge in [0.25, 0.3) is 0 Å². The number of nitrogens with one attached hydrogen (secondary N) is 1. The van der Waals surface area contributed by atoms with E-state index in [1.807, 2.05) is 24.3 Å². The van der Waals surface area contributed by atoms with Crippen molar-refractivity contribution in [3.05, 3.63) is 52.7 Å². The molecule has 0 fully saturated rings. The Morgan fingerprint density at radius 1 is 1.22 bits per heavy atom. The van der Waals surface area contributed by atoms with Crippen molar-refractivity contribution in [3.8, 4) is 5.69 Å². The Labute approximate surface area is 107 Å². The summed E-state index contributed by atoms with van der Waals surface area (Å²) in [4.78, 5) is 13.0. The minimum absolute atomic E-state index is 0.165. The third-order valence-corrected chi connectivity index (χ3v) is 4.31. The first-order valence-corrected chi connectivity index (χ1v) is 6.64. The fourth-order valence-corrected chi connectivity index (χ4v) is 3.49. The topological polar surface area (TPSA) is 50.7 Å². The van der Waals surface area contributed by atoms with Crippen molar-refractivity contribution in [2.75, 3.05) is 0 Å². The first-order valence-electron chi connectivity index (χ1n) is 5.66. The summed E-state index contributed by atoms with van der Waals surface area (Å²) in [6.45, 7) is 0. The van der Waals surface area contributed by atoms with Crippen molar-refractivity contribution >= 4 is 22.5 Å². The lowest BCUT2D eigenvalue weighted by molar-refractivity contribution is 0.902. The van der Waals surface area contributed by atoms with E-state index >= 15 is 0 Å². The number of fused-ring (bicyclic) bond motifs is 5. The van der Waals surface area contributed by atoms with E-state index < -0.39 is 0 Å². The number of aromatic amines is 1. The Kier molecular flexibility index (Phi) is 1.93. The highest BCUT2D eigenvalue weighted by atomic mass is 32.2. The van der Waals surface area contributed by atoms with Crippen molar-refractivity contribution in [1.82, 2.24) is 14.8 Å². The summed E-state index contributed by atoms with van der Waals surface area (Å²) in [7, 11) is 0. The molecule has 0 radical (unpaired) electrons. The lowest BCUT2D eigenvalue weighted by atomic mass is 10.1. The average Bonchev–Trinajstić information content (AvgIpc) is 2.80. The quantitative estimate of drug-likeness (QED) is 0.670. The number of nitrogens with zero attached hydrogens (tertiary/aromatic N) is 2. The van der Waals surface area contributed by atoms with Crippen LogP contribution in [0.2, 0.25) is 0 Å². The molecule has 5 heteroatoms. The van der Waals surface area contributed by atoms with Crippen LogP contribution in [0.4, 0.5) is 0 Å². The van der Waals surface area contributed by atoms with E-state index in [9.17, 15) is 4.79 Å². The molecule has 1 N–H and O–H groups in total. The molecule has 2 heterocycles. The molecule has 0 aliphatic carbocycles. The fourth-order valence-electron chi connectivity index (χ4n) is 2.37. The van der Waals surface area contributed by atoms with E-state index in [1.54, 1.807) is 16.3 Å². The Hall–Kier alpha value is -2.01. The van der Waals surface area contributed by atoms with Gasteiger partial charge in [-0.25, -0.2) is 14.5 Å². The van der Waals surface area contributed by atoms with Gasteiger partial charge in [-0.15, -0.1) is 11.8 Å². The largest absolute Gasteiger partial charge is 0.348 e. The fraction of sp³-hybridized carbons (Fsp3) is 0.0769. The molecule has 1 aliphatic heterocycles. The summed E-state index contributed by atoms with van der Waals surface area (Å²) in [5.74, 6) is 1.51. The highest BCUT2D eigenvalue weighted by Crippen LogP contribution is 2.38. The number of thioether (sulfide) groups is 1. The van der Waals surface area contributed by atoms with E-state index in [4.69, 9.17) is 0 Å². The lowest BCUT2D eigenvalue weighted by Crippen LogP contribution is -2.19. The monoisotopic (exact) mass is 255 g/mol. The standard InChI is InChI=1S/C13H9N3OS/c17-13-15-14-11-7-18-12-9-4-2-1-3-8(9)5-6-10(12)16(11)13/h1-6H,7H2,(H,15,17). The second kappa shape index (κ2) is 3.49. The van der Waals surface area contributed by atoms with Crippen LogP contribution in [-0.2, 0) is 5.75 Å². The normalized spacial score (nSPS) is 13.3. The zero-order valence-electron chi connectivity index (χ0n) is 9.38. The third kappa shape index (κ3) is 1.22. The van der Waals surface area contributed by atoms with Crippen molar-refractivity contribution in [2.24, 2.45) is 0 Å². The highest BCUT2D eigenvalue weighted by molar-refractivity contribution is 7.99. The van der Waals surface area contributed by atoms with E-state index in [0.717, 1.165) is 22.2 Å². The van der Waals surface area contributed by atoms with Gasteiger partial charge in [0.2, 0.25) is 0 Å². The Balaban J connectivity index is 2.15. The molecule has 4 rings (SSSR count). The maximum atomic E-state index is 11.8. The summed E-state index contributed by atoms with van der Waals surface area (Å²) in [5, 5.41) is 8.94. The number of rotatable bonds is 0. The first kappa shape index (κ1) is 9.96. The van der Waals surface area contributed by atoms with Crippen LogP contribution in [0.1, 0.15) is 5.82 Å². The number of hydrogen-bond acceptors (Lipinski definition) is 3. The molecular weight excluding hydrogens is 246 g/mol. The Morgan fingerprint density at radius 3 is 3.06 bits per heavy atom. The van der Waals surface area contributed by atoms with Crippen LogP contribution < -0.4 is 5.69 Å². The van der Waals surface area contributed by atoms with Gasteiger partial charge < -0.3 is 0 Å². The minimum atomic E-state index is -0.165. The number of hydrogen-bond donors (Lipinski definition) is 1. The highest BCUT2D eigenvalue weighted by Gasteiger charge is 2.21. The van der Waals surface area contributed by atoms with Crippen LogP contribution in [0.15, 0.2) is 46.1 Å². The van der Waals surface area contributed by atoms with Crippen molar-refractivity contribution < 1.29 is 0 Å². The summed E-state index contributed by atoms with van der Waals surface area (Å²) in [6.07, 6.45) is 0. The molecule has 0 unspecified atom stereocenters. The molecule has 1 aliphatic rings. The second-order valence-electron chi connectivity index (χ2n) is 4.20. The molecule has 1 aromatic heterocycles. The van der Waals surface area contributed by atoms with Gasteiger partial charge in [0.05, 0.1) is 11.4 Å². The van der Waals surface area contributed by atoms with Gasteiger partial charge in [0.15, 0.2) is 0 Å². The molecule has 0 amide bonds. The maximum Gasteiger partial charge on any atom is 0.348 e. The zero-order valence-corrected chi connectivity index (χ0v) is 10.2. The van der Waals surface area contributed by atoms with Gasteiger partial charge >= 0.3 is 5.69 Å². The first-order chi connectivity index (χ1) is 8.84. The van der Waals surface area contributed by atoms with E-state index in [2.05, 4.69) is 22.3 Å². The molecule has 88 valence electrons. The van der Waals surface area contributed by atoms with Crippen molar-refractivity contribution in [3.63, 3.8) is 0 Å². The predicted molar refractivity (Wildman–Crippen MR) is 71.3 cm³/mol. The van der Waals surface area contributed by atoms with Gasteiger partial charge in [0.1, 0.15) is 5.82 Å². The molecule has 0 saturated heterocycles. The molecular formula is C13H9N3OS. The number of aromatic nitrogens is 3. The second-order valence-corrected chi connectivity index (χ2v) is 5.19. The molecule has 2 aromatic carbocycles. The molecule has 18 heavy (non-hydrogen) atoms. The zero-order chi connectivity index (χ0) is 12.1. The summed E-state index contributed by atoms with van der Waals surface area (Å²) >= 11 is 1.73.